The summed E-state index contributed by atoms with van der Waals surface area (Å²) < 4.78 is 0. The van der Waals surface area contributed by atoms with Gasteiger partial charge in [0.2, 0.25) is 0 Å². The first-order valence-corrected chi connectivity index (χ1v) is 9.94. The van der Waals surface area contributed by atoms with Gasteiger partial charge < -0.3 is 5.73 Å². The largest absolute Gasteiger partial charge is 0.330 e. The Morgan fingerprint density at radius 1 is 0.524 bits per heavy atom. The van der Waals surface area contributed by atoms with Crippen molar-refractivity contribution in [2.45, 2.75) is 117 Å². The molecule has 2 N–H and O–H groups in total. The van der Waals surface area contributed by atoms with E-state index in [1.54, 1.807) is 0 Å². The van der Waals surface area contributed by atoms with Crippen LogP contribution in [0.25, 0.3) is 0 Å². The summed E-state index contributed by atoms with van der Waals surface area (Å²) in [5, 5.41) is 0. The van der Waals surface area contributed by atoms with Crippen molar-refractivity contribution in [2.75, 3.05) is 6.54 Å². The van der Waals surface area contributed by atoms with Crippen LogP contribution in [0.5, 0.6) is 0 Å². The van der Waals surface area contributed by atoms with Gasteiger partial charge >= 0.3 is 0 Å². The van der Waals surface area contributed by atoms with Crippen LogP contribution in [0.2, 0.25) is 0 Å². The van der Waals surface area contributed by atoms with E-state index in [0.29, 0.717) is 5.41 Å². The highest BCUT2D eigenvalue weighted by Crippen LogP contribution is 2.36. The monoisotopic (exact) mass is 297 g/mol. The van der Waals surface area contributed by atoms with Gasteiger partial charge in [0.25, 0.3) is 0 Å². The third-order valence-corrected chi connectivity index (χ3v) is 5.11. The summed E-state index contributed by atoms with van der Waals surface area (Å²) in [7, 11) is 0. The highest BCUT2D eigenvalue weighted by atomic mass is 14.6. The van der Waals surface area contributed by atoms with Crippen molar-refractivity contribution in [3.8, 4) is 0 Å². The fraction of sp³-hybridized carbons (Fsp3) is 1.00. The van der Waals surface area contributed by atoms with Gasteiger partial charge in [-0.25, -0.2) is 0 Å². The lowest BCUT2D eigenvalue weighted by atomic mass is 9.74. The van der Waals surface area contributed by atoms with E-state index in [9.17, 15) is 0 Å². The molecule has 0 atom stereocenters. The Labute approximate surface area is 135 Å². The number of nitrogens with two attached hydrogens (primary N) is 1. The molecule has 0 fully saturated rings. The molecule has 0 aromatic carbocycles. The van der Waals surface area contributed by atoms with Gasteiger partial charge in [-0.1, -0.05) is 97.8 Å². The predicted molar refractivity (Wildman–Crippen MR) is 97.8 cm³/mol. The van der Waals surface area contributed by atoms with E-state index in [-0.39, 0.29) is 0 Å². The van der Waals surface area contributed by atoms with E-state index in [2.05, 4.69) is 20.8 Å². The fourth-order valence-corrected chi connectivity index (χ4v) is 3.46. The lowest BCUT2D eigenvalue weighted by molar-refractivity contribution is 0.205. The minimum atomic E-state index is 0.467. The molecule has 0 aromatic rings. The van der Waals surface area contributed by atoms with Crippen LogP contribution < -0.4 is 5.73 Å². The lowest BCUT2D eigenvalue weighted by Crippen LogP contribution is -2.30. The Hall–Kier alpha value is -0.0400. The molecule has 0 saturated carbocycles. The van der Waals surface area contributed by atoms with Gasteiger partial charge in [0.1, 0.15) is 0 Å². The second kappa shape index (κ2) is 14.9. The molecule has 0 saturated heterocycles. The summed E-state index contributed by atoms with van der Waals surface area (Å²) >= 11 is 0. The summed E-state index contributed by atoms with van der Waals surface area (Å²) in [5.41, 5.74) is 6.72. The number of hydrogen-bond acceptors (Lipinski definition) is 1. The number of rotatable bonds is 16. The average molecular weight is 298 g/mol. The van der Waals surface area contributed by atoms with Crippen LogP contribution in [-0.2, 0) is 0 Å². The number of hydrogen-bond donors (Lipinski definition) is 1. The van der Waals surface area contributed by atoms with Crippen molar-refractivity contribution in [3.05, 3.63) is 0 Å². The molecule has 0 heterocycles. The van der Waals surface area contributed by atoms with Gasteiger partial charge in [0.15, 0.2) is 0 Å². The molecule has 0 aliphatic carbocycles. The smallest absolute Gasteiger partial charge is 0.00205 e. The van der Waals surface area contributed by atoms with Crippen molar-refractivity contribution in [2.24, 2.45) is 11.1 Å². The average Bonchev–Trinajstić information content (AvgIpc) is 2.51. The molecule has 21 heavy (non-hydrogen) atoms. The molecule has 128 valence electrons. The van der Waals surface area contributed by atoms with Crippen LogP contribution in [0, 0.1) is 5.41 Å². The molecule has 1 nitrogen and oxygen atoms in total. The zero-order valence-corrected chi connectivity index (χ0v) is 15.4. The Morgan fingerprint density at radius 3 is 1.10 bits per heavy atom. The maximum atomic E-state index is 6.25. The van der Waals surface area contributed by atoms with Gasteiger partial charge in [-0.2, -0.15) is 0 Å². The van der Waals surface area contributed by atoms with E-state index >= 15 is 0 Å². The normalized spacial score (nSPS) is 12.0. The van der Waals surface area contributed by atoms with Crippen LogP contribution in [0.15, 0.2) is 0 Å². The Bertz CT molecular complexity index is 169. The van der Waals surface area contributed by atoms with Crippen molar-refractivity contribution in [3.63, 3.8) is 0 Å². The fourth-order valence-electron chi connectivity index (χ4n) is 3.46. The van der Waals surface area contributed by atoms with Crippen molar-refractivity contribution >= 4 is 0 Å². The third-order valence-electron chi connectivity index (χ3n) is 5.11. The van der Waals surface area contributed by atoms with E-state index < -0.39 is 0 Å². The molecular weight excluding hydrogens is 254 g/mol. The van der Waals surface area contributed by atoms with Gasteiger partial charge in [-0.3, -0.25) is 0 Å². The number of unbranched alkanes of at least 4 members (excludes halogenated alkanes) is 9. The van der Waals surface area contributed by atoms with Crippen LogP contribution in [-0.4, -0.2) is 6.54 Å². The molecule has 1 heteroatoms. The maximum absolute atomic E-state index is 6.25. The van der Waals surface area contributed by atoms with Crippen LogP contribution in [0.3, 0.4) is 0 Å². The van der Waals surface area contributed by atoms with Crippen molar-refractivity contribution < 1.29 is 0 Å². The zero-order valence-electron chi connectivity index (χ0n) is 15.4. The molecule has 0 radical (unpaired) electrons. The molecule has 0 bridgehead atoms. The van der Waals surface area contributed by atoms with Crippen LogP contribution in [0.1, 0.15) is 117 Å². The molecule has 0 aromatic heterocycles. The van der Waals surface area contributed by atoms with Gasteiger partial charge in [-0.05, 0) is 31.2 Å². The molecule has 0 spiro atoms. The van der Waals surface area contributed by atoms with Crippen LogP contribution >= 0.6 is 0 Å². The second-order valence-corrected chi connectivity index (χ2v) is 7.14. The second-order valence-electron chi connectivity index (χ2n) is 7.14. The van der Waals surface area contributed by atoms with Gasteiger partial charge in [-0.15, -0.1) is 0 Å². The molecule has 0 rings (SSSR count). The van der Waals surface area contributed by atoms with Gasteiger partial charge in [0.05, 0.1) is 0 Å². The Balaban J connectivity index is 4.22. The summed E-state index contributed by atoms with van der Waals surface area (Å²) in [4.78, 5) is 0. The summed E-state index contributed by atoms with van der Waals surface area (Å²) in [6, 6.07) is 0. The predicted octanol–water partition coefficient (Wildman–Crippen LogP) is 6.84. The topological polar surface area (TPSA) is 26.0 Å². The maximum Gasteiger partial charge on any atom is -0.00205 e. The first-order valence-electron chi connectivity index (χ1n) is 9.94. The van der Waals surface area contributed by atoms with Crippen LogP contribution in [0.4, 0.5) is 0 Å². The quantitative estimate of drug-likeness (QED) is 0.310. The Kier molecular flexibility index (Phi) is 14.9. The highest BCUT2D eigenvalue weighted by Gasteiger charge is 2.26. The summed E-state index contributed by atoms with van der Waals surface area (Å²) in [5.74, 6) is 0. The first kappa shape index (κ1) is 21.0. The molecule has 0 amide bonds. The SMILES string of the molecule is CCCCCCC(CN)(CCCCCC)CCCCCC. The van der Waals surface area contributed by atoms with Crippen molar-refractivity contribution in [1.82, 2.24) is 0 Å². The van der Waals surface area contributed by atoms with E-state index in [1.807, 2.05) is 0 Å². The molecule has 0 aliphatic heterocycles. The first-order chi connectivity index (χ1) is 10.2. The zero-order chi connectivity index (χ0) is 15.8. The van der Waals surface area contributed by atoms with E-state index in [1.165, 1.54) is 96.3 Å². The minimum absolute atomic E-state index is 0.467. The third kappa shape index (κ3) is 11.2. The Morgan fingerprint density at radius 2 is 0.857 bits per heavy atom. The van der Waals surface area contributed by atoms with Gasteiger partial charge in [0, 0.05) is 0 Å². The van der Waals surface area contributed by atoms with Crippen molar-refractivity contribution in [1.29, 1.82) is 0 Å². The molecule has 0 unspecified atom stereocenters. The minimum Gasteiger partial charge on any atom is -0.330 e. The van der Waals surface area contributed by atoms with E-state index in [4.69, 9.17) is 5.73 Å². The molecule has 0 aliphatic rings. The molecular formula is C20H43N. The lowest BCUT2D eigenvalue weighted by Gasteiger charge is -2.33. The summed E-state index contributed by atoms with van der Waals surface area (Å²) in [6.45, 7) is 7.81. The highest BCUT2D eigenvalue weighted by molar-refractivity contribution is 4.80. The standard InChI is InChI=1S/C20H43N/c1-4-7-10-13-16-20(19-21,17-14-11-8-5-2)18-15-12-9-6-3/h4-19,21H2,1-3H3. The van der Waals surface area contributed by atoms with E-state index in [0.717, 1.165) is 6.54 Å². The summed E-state index contributed by atoms with van der Waals surface area (Å²) in [6.07, 6.45) is 20.7.